The van der Waals surface area contributed by atoms with Crippen LogP contribution in [0.4, 0.5) is 0 Å². The van der Waals surface area contributed by atoms with Gasteiger partial charge in [0.15, 0.2) is 0 Å². The van der Waals surface area contributed by atoms with Crippen molar-refractivity contribution >= 4 is 33.4 Å². The second-order valence-corrected chi connectivity index (χ2v) is 5.98. The van der Waals surface area contributed by atoms with E-state index in [1.807, 2.05) is 23.1 Å². The molecule has 6 heteroatoms. The van der Waals surface area contributed by atoms with Crippen molar-refractivity contribution in [2.45, 2.75) is 13.0 Å². The predicted molar refractivity (Wildman–Crippen MR) is 82.9 cm³/mol. The van der Waals surface area contributed by atoms with Gasteiger partial charge in [-0.2, -0.15) is 0 Å². The Balaban J connectivity index is 1.70. The summed E-state index contributed by atoms with van der Waals surface area (Å²) in [5, 5.41) is 3.99. The fourth-order valence-corrected chi connectivity index (χ4v) is 2.66. The smallest absolute Gasteiger partial charge is 0.224 e. The summed E-state index contributed by atoms with van der Waals surface area (Å²) in [6, 6.07) is 5.76. The molecular weight excluding hydrogens is 344 g/mol. The Bertz CT molecular complexity index is 464. The molecule has 0 aromatic heterocycles. The third-order valence-electron chi connectivity index (χ3n) is 3.20. The van der Waals surface area contributed by atoms with Gasteiger partial charge in [-0.05, 0) is 23.8 Å². The molecule has 1 amide bonds. The number of nitrogens with zero attached hydrogens (tertiary/aromatic N) is 1. The fourth-order valence-electron chi connectivity index (χ4n) is 2.07. The predicted octanol–water partition coefficient (Wildman–Crippen LogP) is 2.44. The van der Waals surface area contributed by atoms with Crippen molar-refractivity contribution in [3.05, 3.63) is 33.3 Å². The third-order valence-corrected chi connectivity index (χ3v) is 4.06. The van der Waals surface area contributed by atoms with E-state index in [2.05, 4.69) is 21.2 Å². The number of nitrogens with one attached hydrogen (secondary N) is 1. The van der Waals surface area contributed by atoms with Crippen molar-refractivity contribution in [1.29, 1.82) is 0 Å². The summed E-state index contributed by atoms with van der Waals surface area (Å²) < 4.78 is 6.23. The average Bonchev–Trinajstić information content (AvgIpc) is 2.47. The van der Waals surface area contributed by atoms with Crippen LogP contribution in [-0.2, 0) is 16.1 Å². The van der Waals surface area contributed by atoms with Crippen molar-refractivity contribution in [2.24, 2.45) is 0 Å². The maximum atomic E-state index is 11.9. The number of halogens is 2. The number of ether oxygens (including phenoxy) is 1. The minimum Gasteiger partial charge on any atom is -0.378 e. The van der Waals surface area contributed by atoms with Crippen molar-refractivity contribution in [3.8, 4) is 0 Å². The zero-order chi connectivity index (χ0) is 14.4. The Hall–Kier alpha value is -0.620. The molecule has 0 bridgehead atoms. The van der Waals surface area contributed by atoms with E-state index in [4.69, 9.17) is 16.3 Å². The second-order valence-electron chi connectivity index (χ2n) is 4.66. The summed E-state index contributed by atoms with van der Waals surface area (Å²) in [5.74, 6) is 0.182. The first-order chi connectivity index (χ1) is 9.66. The molecule has 20 heavy (non-hydrogen) atoms. The number of amides is 1. The Labute approximate surface area is 132 Å². The Morgan fingerprint density at radius 3 is 2.90 bits per heavy atom. The van der Waals surface area contributed by atoms with E-state index < -0.39 is 0 Å². The number of hydrogen-bond donors (Lipinski definition) is 1. The van der Waals surface area contributed by atoms with Crippen LogP contribution in [0.5, 0.6) is 0 Å². The van der Waals surface area contributed by atoms with Gasteiger partial charge in [0.2, 0.25) is 5.91 Å². The van der Waals surface area contributed by atoms with E-state index in [1.54, 1.807) is 0 Å². The van der Waals surface area contributed by atoms with E-state index in [1.165, 1.54) is 0 Å². The highest BCUT2D eigenvalue weighted by atomic mass is 79.9. The van der Waals surface area contributed by atoms with Crippen LogP contribution in [0.3, 0.4) is 0 Å². The average molecular weight is 362 g/mol. The van der Waals surface area contributed by atoms with Gasteiger partial charge in [-0.25, -0.2) is 0 Å². The number of carbonyl (C=O) groups is 1. The standard InChI is InChI=1S/C14H18BrClN2O2/c15-12-1-2-13(16)11(9-12)10-17-4-3-14(19)18-5-7-20-8-6-18/h1-2,9,17H,3-8,10H2. The summed E-state index contributed by atoms with van der Waals surface area (Å²) in [4.78, 5) is 13.8. The minimum absolute atomic E-state index is 0.182. The Kier molecular flexibility index (Phi) is 6.29. The molecule has 1 aromatic carbocycles. The lowest BCUT2D eigenvalue weighted by atomic mass is 10.2. The van der Waals surface area contributed by atoms with Crippen LogP contribution in [-0.4, -0.2) is 43.7 Å². The highest BCUT2D eigenvalue weighted by molar-refractivity contribution is 9.10. The largest absolute Gasteiger partial charge is 0.378 e. The summed E-state index contributed by atoms with van der Waals surface area (Å²) in [5.41, 5.74) is 1.03. The van der Waals surface area contributed by atoms with E-state index in [-0.39, 0.29) is 5.91 Å². The van der Waals surface area contributed by atoms with E-state index >= 15 is 0 Å². The molecule has 4 nitrogen and oxygen atoms in total. The van der Waals surface area contributed by atoms with Gasteiger partial charge in [0.05, 0.1) is 13.2 Å². The number of hydrogen-bond acceptors (Lipinski definition) is 3. The third kappa shape index (κ3) is 4.74. The molecule has 110 valence electrons. The molecule has 1 aliphatic rings. The molecule has 0 unspecified atom stereocenters. The molecular formula is C14H18BrClN2O2. The quantitative estimate of drug-likeness (QED) is 0.819. The van der Waals surface area contributed by atoms with E-state index in [0.29, 0.717) is 45.8 Å². The molecule has 1 fully saturated rings. The van der Waals surface area contributed by atoms with Gasteiger partial charge in [0.1, 0.15) is 0 Å². The van der Waals surface area contributed by atoms with Gasteiger partial charge in [-0.15, -0.1) is 0 Å². The molecule has 0 radical (unpaired) electrons. The molecule has 1 aromatic rings. The second kappa shape index (κ2) is 7.98. The molecule has 1 N–H and O–H groups in total. The van der Waals surface area contributed by atoms with Crippen molar-refractivity contribution in [2.75, 3.05) is 32.8 Å². The molecule has 2 rings (SSSR count). The molecule has 0 aliphatic carbocycles. The maximum absolute atomic E-state index is 11.9. The van der Waals surface area contributed by atoms with Gasteiger partial charge in [0.25, 0.3) is 0 Å². The Morgan fingerprint density at radius 2 is 2.15 bits per heavy atom. The lowest BCUT2D eigenvalue weighted by Gasteiger charge is -2.26. The first-order valence-corrected chi connectivity index (χ1v) is 7.84. The molecule has 1 saturated heterocycles. The van der Waals surface area contributed by atoms with Gasteiger partial charge in [-0.3, -0.25) is 4.79 Å². The molecule has 1 aliphatic heterocycles. The Morgan fingerprint density at radius 1 is 1.40 bits per heavy atom. The number of benzene rings is 1. The topological polar surface area (TPSA) is 41.6 Å². The highest BCUT2D eigenvalue weighted by Crippen LogP contribution is 2.20. The van der Waals surface area contributed by atoms with Crippen molar-refractivity contribution < 1.29 is 9.53 Å². The maximum Gasteiger partial charge on any atom is 0.224 e. The van der Waals surface area contributed by atoms with Crippen LogP contribution in [0, 0.1) is 0 Å². The first kappa shape index (κ1) is 15.8. The number of morpholine rings is 1. The van der Waals surface area contributed by atoms with Crippen LogP contribution in [0.15, 0.2) is 22.7 Å². The fraction of sp³-hybridized carbons (Fsp3) is 0.500. The van der Waals surface area contributed by atoms with Gasteiger partial charge in [0, 0.05) is 42.1 Å². The van der Waals surface area contributed by atoms with Gasteiger partial charge < -0.3 is 15.0 Å². The molecule has 0 spiro atoms. The normalized spacial score (nSPS) is 15.4. The van der Waals surface area contributed by atoms with Gasteiger partial charge in [-0.1, -0.05) is 27.5 Å². The van der Waals surface area contributed by atoms with Crippen LogP contribution < -0.4 is 5.32 Å². The zero-order valence-corrected chi connectivity index (χ0v) is 13.5. The first-order valence-electron chi connectivity index (χ1n) is 6.67. The van der Waals surface area contributed by atoms with Crippen LogP contribution in [0.25, 0.3) is 0 Å². The van der Waals surface area contributed by atoms with Gasteiger partial charge >= 0.3 is 0 Å². The zero-order valence-electron chi connectivity index (χ0n) is 11.2. The van der Waals surface area contributed by atoms with Crippen LogP contribution in [0.2, 0.25) is 5.02 Å². The minimum atomic E-state index is 0.182. The SMILES string of the molecule is O=C(CCNCc1cc(Br)ccc1Cl)N1CCOCC1. The van der Waals surface area contributed by atoms with Crippen molar-refractivity contribution in [1.82, 2.24) is 10.2 Å². The van der Waals surface area contributed by atoms with E-state index in [0.717, 1.165) is 15.1 Å². The highest BCUT2D eigenvalue weighted by Gasteiger charge is 2.15. The molecule has 0 atom stereocenters. The lowest BCUT2D eigenvalue weighted by Crippen LogP contribution is -2.41. The monoisotopic (exact) mass is 360 g/mol. The summed E-state index contributed by atoms with van der Waals surface area (Å²) in [6.45, 7) is 4.01. The molecule has 0 saturated carbocycles. The summed E-state index contributed by atoms with van der Waals surface area (Å²) in [6.07, 6.45) is 0.506. The number of carbonyl (C=O) groups excluding carboxylic acids is 1. The van der Waals surface area contributed by atoms with Crippen LogP contribution >= 0.6 is 27.5 Å². The van der Waals surface area contributed by atoms with E-state index in [9.17, 15) is 4.79 Å². The van der Waals surface area contributed by atoms with Crippen LogP contribution in [0.1, 0.15) is 12.0 Å². The number of rotatable bonds is 5. The molecule has 1 heterocycles. The summed E-state index contributed by atoms with van der Waals surface area (Å²) >= 11 is 9.53. The lowest BCUT2D eigenvalue weighted by molar-refractivity contribution is -0.135. The summed E-state index contributed by atoms with van der Waals surface area (Å²) in [7, 11) is 0. The van der Waals surface area contributed by atoms with Crippen molar-refractivity contribution in [3.63, 3.8) is 0 Å².